The molecule has 4 amide bonds. The van der Waals surface area contributed by atoms with E-state index in [9.17, 15) is 24.0 Å². The van der Waals surface area contributed by atoms with Gasteiger partial charge in [-0.25, -0.2) is 0 Å². The zero-order valence-corrected chi connectivity index (χ0v) is 21.0. The lowest BCUT2D eigenvalue weighted by Gasteiger charge is -2.57. The number of nitrogens with zero attached hydrogens (tertiary/aromatic N) is 1. The van der Waals surface area contributed by atoms with Crippen molar-refractivity contribution in [2.75, 3.05) is 11.9 Å². The van der Waals surface area contributed by atoms with Crippen molar-refractivity contribution in [1.82, 2.24) is 10.2 Å². The van der Waals surface area contributed by atoms with Gasteiger partial charge in [0.1, 0.15) is 11.6 Å². The SMILES string of the molecule is CC(C)(C)OC(=O)C1CC2(CC(CCNc3ccc4c(c3)C(=O)N(C3CCC(=O)NC3=O)C4=O)C2)C1. The van der Waals surface area contributed by atoms with Crippen molar-refractivity contribution in [2.24, 2.45) is 17.3 Å². The monoisotopic (exact) mass is 495 g/mol. The molecule has 0 radical (unpaired) electrons. The molecule has 1 unspecified atom stereocenters. The summed E-state index contributed by atoms with van der Waals surface area (Å²) in [5.41, 5.74) is 1.18. The summed E-state index contributed by atoms with van der Waals surface area (Å²) in [4.78, 5) is 62.6. The molecule has 0 aromatic heterocycles. The number of hydrogen-bond donors (Lipinski definition) is 2. The minimum absolute atomic E-state index is 0.0368. The predicted molar refractivity (Wildman–Crippen MR) is 130 cm³/mol. The van der Waals surface area contributed by atoms with Gasteiger partial charge in [-0.15, -0.1) is 0 Å². The number of carbonyl (C=O) groups is 5. The van der Waals surface area contributed by atoms with E-state index in [0.717, 1.165) is 49.2 Å². The lowest BCUT2D eigenvalue weighted by molar-refractivity contribution is -0.175. The van der Waals surface area contributed by atoms with Gasteiger partial charge in [0.15, 0.2) is 0 Å². The van der Waals surface area contributed by atoms with Gasteiger partial charge >= 0.3 is 5.97 Å². The van der Waals surface area contributed by atoms with Crippen molar-refractivity contribution >= 4 is 35.3 Å². The molecule has 1 spiro atoms. The number of esters is 1. The lowest BCUT2D eigenvalue weighted by Crippen LogP contribution is -2.54. The second-order valence-electron chi connectivity index (χ2n) is 11.8. The largest absolute Gasteiger partial charge is 0.460 e. The zero-order chi connectivity index (χ0) is 25.8. The number of rotatable bonds is 6. The molecule has 1 saturated heterocycles. The molecule has 36 heavy (non-hydrogen) atoms. The van der Waals surface area contributed by atoms with Crippen LogP contribution in [-0.2, 0) is 19.1 Å². The van der Waals surface area contributed by atoms with E-state index in [1.54, 1.807) is 18.2 Å². The topological polar surface area (TPSA) is 122 Å². The Morgan fingerprint density at radius 3 is 2.44 bits per heavy atom. The summed E-state index contributed by atoms with van der Waals surface area (Å²) in [5.74, 6) is -1.43. The third kappa shape index (κ3) is 4.51. The number of fused-ring (bicyclic) bond motifs is 1. The first-order chi connectivity index (χ1) is 16.9. The van der Waals surface area contributed by atoms with Gasteiger partial charge in [-0.3, -0.25) is 34.2 Å². The summed E-state index contributed by atoms with van der Waals surface area (Å²) < 4.78 is 5.51. The molecule has 1 aromatic carbocycles. The van der Waals surface area contributed by atoms with E-state index in [2.05, 4.69) is 10.6 Å². The molecule has 4 aliphatic rings. The summed E-state index contributed by atoms with van der Waals surface area (Å²) in [6, 6.07) is 4.10. The normalized spacial score (nSPS) is 29.4. The smallest absolute Gasteiger partial charge is 0.309 e. The molecule has 9 nitrogen and oxygen atoms in total. The number of anilines is 1. The van der Waals surface area contributed by atoms with Gasteiger partial charge in [0.25, 0.3) is 11.8 Å². The molecule has 3 fully saturated rings. The fourth-order valence-electron chi connectivity index (χ4n) is 6.24. The van der Waals surface area contributed by atoms with Crippen molar-refractivity contribution in [3.8, 4) is 0 Å². The van der Waals surface area contributed by atoms with Crippen LogP contribution in [0.5, 0.6) is 0 Å². The van der Waals surface area contributed by atoms with Gasteiger partial charge < -0.3 is 10.1 Å². The Bertz CT molecular complexity index is 1140. The highest BCUT2D eigenvalue weighted by Crippen LogP contribution is 2.62. The van der Waals surface area contributed by atoms with Crippen LogP contribution in [0, 0.1) is 17.3 Å². The maximum atomic E-state index is 13.0. The molecular formula is C27H33N3O6. The Balaban J connectivity index is 1.09. The van der Waals surface area contributed by atoms with Gasteiger partial charge in [0.2, 0.25) is 11.8 Å². The number of piperidine rings is 1. The van der Waals surface area contributed by atoms with E-state index in [1.165, 1.54) is 0 Å². The molecule has 1 aromatic rings. The lowest BCUT2D eigenvalue weighted by atomic mass is 9.48. The van der Waals surface area contributed by atoms with E-state index < -0.39 is 35.3 Å². The van der Waals surface area contributed by atoms with Crippen LogP contribution < -0.4 is 10.6 Å². The molecule has 2 aliphatic carbocycles. The number of hydrogen-bond acceptors (Lipinski definition) is 7. The maximum absolute atomic E-state index is 13.0. The second kappa shape index (κ2) is 8.71. The van der Waals surface area contributed by atoms with Crippen molar-refractivity contribution < 1.29 is 28.7 Å². The van der Waals surface area contributed by atoms with E-state index in [-0.39, 0.29) is 35.9 Å². The average Bonchev–Trinajstić information content (AvgIpc) is 2.97. The molecule has 2 N–H and O–H groups in total. The highest BCUT2D eigenvalue weighted by atomic mass is 16.6. The van der Waals surface area contributed by atoms with Gasteiger partial charge in [0.05, 0.1) is 17.0 Å². The van der Waals surface area contributed by atoms with Crippen molar-refractivity contribution in [1.29, 1.82) is 0 Å². The van der Waals surface area contributed by atoms with Crippen molar-refractivity contribution in [2.45, 2.75) is 77.4 Å². The Morgan fingerprint density at radius 2 is 1.78 bits per heavy atom. The first-order valence-corrected chi connectivity index (χ1v) is 12.8. The third-order valence-corrected chi connectivity index (χ3v) is 7.86. The van der Waals surface area contributed by atoms with Gasteiger partial charge in [-0.2, -0.15) is 0 Å². The highest BCUT2D eigenvalue weighted by Gasteiger charge is 2.55. The van der Waals surface area contributed by atoms with Crippen LogP contribution in [0.4, 0.5) is 5.69 Å². The highest BCUT2D eigenvalue weighted by molar-refractivity contribution is 6.23. The standard InChI is InChI=1S/C27H33N3O6/c1-26(2,3)36-25(35)16-13-27(14-16)11-15(12-27)8-9-28-17-4-5-18-19(10-17)24(34)30(23(18)33)20-6-7-21(31)29-22(20)32/h4-5,10,15-16,20,28H,6-9,11-14H2,1-3H3,(H,29,31,32). The number of carbonyl (C=O) groups excluding carboxylic acids is 5. The number of benzene rings is 1. The van der Waals surface area contributed by atoms with Crippen LogP contribution >= 0.6 is 0 Å². The van der Waals surface area contributed by atoms with Crippen LogP contribution in [0.25, 0.3) is 0 Å². The summed E-state index contributed by atoms with van der Waals surface area (Å²) >= 11 is 0. The molecular weight excluding hydrogens is 462 g/mol. The fraction of sp³-hybridized carbons (Fsp3) is 0.593. The summed E-state index contributed by atoms with van der Waals surface area (Å²) in [6.45, 7) is 6.44. The molecule has 2 aliphatic heterocycles. The van der Waals surface area contributed by atoms with Crippen LogP contribution in [0.1, 0.15) is 86.4 Å². The molecule has 1 atom stereocenters. The fourth-order valence-corrected chi connectivity index (χ4v) is 6.24. The zero-order valence-electron chi connectivity index (χ0n) is 21.0. The van der Waals surface area contributed by atoms with E-state index in [4.69, 9.17) is 4.74 Å². The maximum Gasteiger partial charge on any atom is 0.309 e. The van der Waals surface area contributed by atoms with Crippen LogP contribution in [0.15, 0.2) is 18.2 Å². The van der Waals surface area contributed by atoms with Crippen LogP contribution in [0.3, 0.4) is 0 Å². The molecule has 192 valence electrons. The Labute approximate surface area is 210 Å². The van der Waals surface area contributed by atoms with E-state index >= 15 is 0 Å². The number of nitrogens with one attached hydrogen (secondary N) is 2. The third-order valence-electron chi connectivity index (χ3n) is 7.86. The van der Waals surface area contributed by atoms with Gasteiger partial charge in [-0.05, 0) is 88.8 Å². The molecule has 5 rings (SSSR count). The van der Waals surface area contributed by atoms with Gasteiger partial charge in [-0.1, -0.05) is 0 Å². The molecule has 9 heteroatoms. The van der Waals surface area contributed by atoms with Crippen molar-refractivity contribution in [3.05, 3.63) is 29.3 Å². The molecule has 0 bridgehead atoms. The molecule has 2 saturated carbocycles. The van der Waals surface area contributed by atoms with Crippen molar-refractivity contribution in [3.63, 3.8) is 0 Å². The minimum Gasteiger partial charge on any atom is -0.460 e. The van der Waals surface area contributed by atoms with Gasteiger partial charge in [0, 0.05) is 18.7 Å². The number of imide groups is 2. The Morgan fingerprint density at radius 1 is 1.08 bits per heavy atom. The molecule has 2 heterocycles. The summed E-state index contributed by atoms with van der Waals surface area (Å²) in [7, 11) is 0. The van der Waals surface area contributed by atoms with E-state index in [1.807, 2.05) is 20.8 Å². The summed E-state index contributed by atoms with van der Waals surface area (Å²) in [6.07, 6.45) is 5.35. The van der Waals surface area contributed by atoms with E-state index in [0.29, 0.717) is 11.3 Å². The predicted octanol–water partition coefficient (Wildman–Crippen LogP) is 3.04. The first kappa shape index (κ1) is 24.5. The second-order valence-corrected chi connectivity index (χ2v) is 11.8. The minimum atomic E-state index is -0.959. The average molecular weight is 496 g/mol. The quantitative estimate of drug-likeness (QED) is 0.459. The number of ether oxygens (including phenoxy) is 1. The van der Waals surface area contributed by atoms with Crippen LogP contribution in [0.2, 0.25) is 0 Å². The Kier molecular flexibility index (Phi) is 5.92. The van der Waals surface area contributed by atoms with Crippen LogP contribution in [-0.4, -0.2) is 52.7 Å². The number of amides is 4. The Hall–Kier alpha value is -3.23. The first-order valence-electron chi connectivity index (χ1n) is 12.8. The summed E-state index contributed by atoms with van der Waals surface area (Å²) in [5, 5.41) is 5.56.